The van der Waals surface area contributed by atoms with Gasteiger partial charge in [-0.2, -0.15) is 0 Å². The number of piperidine rings is 1. The topological polar surface area (TPSA) is 23.5 Å². The van der Waals surface area contributed by atoms with Crippen LogP contribution in [-0.4, -0.2) is 35.7 Å². The van der Waals surface area contributed by atoms with E-state index in [1.807, 2.05) is 0 Å². The molecule has 2 fully saturated rings. The highest BCUT2D eigenvalue weighted by atomic mass is 16.3. The van der Waals surface area contributed by atoms with Crippen LogP contribution in [0, 0.1) is 5.41 Å². The van der Waals surface area contributed by atoms with Gasteiger partial charge in [0.25, 0.3) is 0 Å². The standard InChI is InChI=1S/C12H23NO/c1-2-13-9-7-12(8-10-13)5-3-11(14)4-6-12/h11,14H,2-10H2,1H3. The minimum absolute atomic E-state index is 0.00447. The van der Waals surface area contributed by atoms with E-state index in [2.05, 4.69) is 11.8 Å². The van der Waals surface area contributed by atoms with Gasteiger partial charge in [-0.25, -0.2) is 0 Å². The summed E-state index contributed by atoms with van der Waals surface area (Å²) in [6.45, 7) is 6.03. The number of rotatable bonds is 1. The van der Waals surface area contributed by atoms with Crippen molar-refractivity contribution in [2.75, 3.05) is 19.6 Å². The van der Waals surface area contributed by atoms with Crippen molar-refractivity contribution in [1.29, 1.82) is 0 Å². The summed E-state index contributed by atoms with van der Waals surface area (Å²) in [6, 6.07) is 0. The molecule has 2 heteroatoms. The van der Waals surface area contributed by atoms with Crippen LogP contribution in [0.4, 0.5) is 0 Å². The van der Waals surface area contributed by atoms with Crippen molar-refractivity contribution in [3.63, 3.8) is 0 Å². The highest BCUT2D eigenvalue weighted by Gasteiger charge is 2.37. The van der Waals surface area contributed by atoms with Gasteiger partial charge < -0.3 is 10.0 Å². The Hall–Kier alpha value is -0.0800. The van der Waals surface area contributed by atoms with E-state index in [1.165, 1.54) is 45.3 Å². The molecule has 2 nitrogen and oxygen atoms in total. The normalized spacial score (nSPS) is 29.6. The van der Waals surface area contributed by atoms with E-state index in [-0.39, 0.29) is 6.10 Å². The van der Waals surface area contributed by atoms with Crippen LogP contribution in [-0.2, 0) is 0 Å². The lowest BCUT2D eigenvalue weighted by molar-refractivity contribution is 0.0186. The predicted molar refractivity (Wildman–Crippen MR) is 58.3 cm³/mol. The van der Waals surface area contributed by atoms with Gasteiger partial charge in [-0.1, -0.05) is 6.92 Å². The molecule has 1 spiro atoms. The summed E-state index contributed by atoms with van der Waals surface area (Å²) in [5, 5.41) is 9.51. The van der Waals surface area contributed by atoms with E-state index >= 15 is 0 Å². The summed E-state index contributed by atoms with van der Waals surface area (Å²) in [7, 11) is 0. The molecule has 0 unspecified atom stereocenters. The molecular weight excluding hydrogens is 174 g/mol. The number of hydrogen-bond donors (Lipinski definition) is 1. The maximum absolute atomic E-state index is 9.51. The fourth-order valence-corrected chi connectivity index (χ4v) is 3.06. The molecule has 1 saturated heterocycles. The minimum Gasteiger partial charge on any atom is -0.393 e. The van der Waals surface area contributed by atoms with Crippen LogP contribution in [0.25, 0.3) is 0 Å². The SMILES string of the molecule is CCN1CCC2(CCC(O)CC2)CC1. The summed E-state index contributed by atoms with van der Waals surface area (Å²) in [4.78, 5) is 2.55. The quantitative estimate of drug-likeness (QED) is 0.695. The number of aliphatic hydroxyl groups is 1. The van der Waals surface area contributed by atoms with Crippen LogP contribution < -0.4 is 0 Å². The number of likely N-dealkylation sites (tertiary alicyclic amines) is 1. The zero-order valence-electron chi connectivity index (χ0n) is 9.34. The Morgan fingerprint density at radius 1 is 1.14 bits per heavy atom. The van der Waals surface area contributed by atoms with E-state index in [4.69, 9.17) is 0 Å². The number of nitrogens with zero attached hydrogens (tertiary/aromatic N) is 1. The van der Waals surface area contributed by atoms with Crippen molar-refractivity contribution in [3.8, 4) is 0 Å². The van der Waals surface area contributed by atoms with Gasteiger partial charge in [0, 0.05) is 0 Å². The van der Waals surface area contributed by atoms with Crippen molar-refractivity contribution < 1.29 is 5.11 Å². The average Bonchev–Trinajstić information content (AvgIpc) is 2.24. The van der Waals surface area contributed by atoms with Gasteiger partial charge in [-0.3, -0.25) is 0 Å². The molecule has 0 bridgehead atoms. The lowest BCUT2D eigenvalue weighted by atomic mass is 9.67. The molecule has 14 heavy (non-hydrogen) atoms. The van der Waals surface area contributed by atoms with Gasteiger partial charge in [0.1, 0.15) is 0 Å². The molecule has 82 valence electrons. The molecule has 0 aromatic rings. The molecule has 2 rings (SSSR count). The van der Waals surface area contributed by atoms with Gasteiger partial charge in [-0.05, 0) is 63.6 Å². The van der Waals surface area contributed by atoms with E-state index in [9.17, 15) is 5.11 Å². The highest BCUT2D eigenvalue weighted by Crippen LogP contribution is 2.44. The Bertz CT molecular complexity index is 175. The first kappa shape index (κ1) is 10.4. The molecule has 0 radical (unpaired) electrons. The molecule has 1 saturated carbocycles. The van der Waals surface area contributed by atoms with Gasteiger partial charge in [0.05, 0.1) is 6.10 Å². The van der Waals surface area contributed by atoms with Crippen LogP contribution in [0.15, 0.2) is 0 Å². The molecule has 1 N–H and O–H groups in total. The van der Waals surface area contributed by atoms with Gasteiger partial charge >= 0.3 is 0 Å². The van der Waals surface area contributed by atoms with Crippen LogP contribution in [0.5, 0.6) is 0 Å². The molecule has 0 aromatic heterocycles. The minimum atomic E-state index is 0.00447. The first-order valence-corrected chi connectivity index (χ1v) is 6.14. The lowest BCUT2D eigenvalue weighted by Gasteiger charge is -2.45. The fraction of sp³-hybridized carbons (Fsp3) is 1.00. The highest BCUT2D eigenvalue weighted by molar-refractivity contribution is 4.89. The maximum Gasteiger partial charge on any atom is 0.0540 e. The smallest absolute Gasteiger partial charge is 0.0540 e. The Balaban J connectivity index is 1.86. The summed E-state index contributed by atoms with van der Waals surface area (Å²) in [5.41, 5.74) is 0.616. The molecule has 0 aromatic carbocycles. The molecule has 0 amide bonds. The zero-order valence-corrected chi connectivity index (χ0v) is 9.34. The molecular formula is C12H23NO. The first-order valence-electron chi connectivity index (χ1n) is 6.14. The van der Waals surface area contributed by atoms with Crippen molar-refractivity contribution in [2.24, 2.45) is 5.41 Å². The molecule has 0 atom stereocenters. The van der Waals surface area contributed by atoms with Crippen LogP contribution in [0.1, 0.15) is 45.4 Å². The molecule has 1 heterocycles. The van der Waals surface area contributed by atoms with Crippen LogP contribution in [0.3, 0.4) is 0 Å². The number of aliphatic hydroxyl groups excluding tert-OH is 1. The van der Waals surface area contributed by atoms with E-state index in [0.29, 0.717) is 5.41 Å². The predicted octanol–water partition coefficient (Wildman–Crippen LogP) is 2.02. The Morgan fingerprint density at radius 3 is 2.21 bits per heavy atom. The molecule has 2 aliphatic rings. The molecule has 1 aliphatic heterocycles. The summed E-state index contributed by atoms with van der Waals surface area (Å²) in [6.07, 6.45) is 7.38. The number of hydrogen-bond acceptors (Lipinski definition) is 2. The van der Waals surface area contributed by atoms with Crippen molar-refractivity contribution in [3.05, 3.63) is 0 Å². The van der Waals surface area contributed by atoms with Gasteiger partial charge in [0.2, 0.25) is 0 Å². The second-order valence-electron chi connectivity index (χ2n) is 5.17. The first-order chi connectivity index (χ1) is 6.74. The lowest BCUT2D eigenvalue weighted by Crippen LogP contribution is -2.42. The third kappa shape index (κ3) is 2.12. The van der Waals surface area contributed by atoms with Crippen molar-refractivity contribution in [1.82, 2.24) is 4.90 Å². The largest absolute Gasteiger partial charge is 0.393 e. The summed E-state index contributed by atoms with van der Waals surface area (Å²) in [5.74, 6) is 0. The monoisotopic (exact) mass is 197 g/mol. The van der Waals surface area contributed by atoms with E-state index in [1.54, 1.807) is 0 Å². The summed E-state index contributed by atoms with van der Waals surface area (Å²) < 4.78 is 0. The second-order valence-corrected chi connectivity index (χ2v) is 5.17. The Kier molecular flexibility index (Phi) is 3.13. The average molecular weight is 197 g/mol. The van der Waals surface area contributed by atoms with Gasteiger partial charge in [0.15, 0.2) is 0 Å². The Labute approximate surface area is 87.3 Å². The summed E-state index contributed by atoms with van der Waals surface area (Å²) >= 11 is 0. The third-order valence-corrected chi connectivity index (χ3v) is 4.38. The maximum atomic E-state index is 9.51. The fourth-order valence-electron chi connectivity index (χ4n) is 3.06. The third-order valence-electron chi connectivity index (χ3n) is 4.38. The van der Waals surface area contributed by atoms with Crippen molar-refractivity contribution >= 4 is 0 Å². The van der Waals surface area contributed by atoms with Crippen LogP contribution >= 0.6 is 0 Å². The zero-order chi connectivity index (χ0) is 10.0. The van der Waals surface area contributed by atoms with E-state index in [0.717, 1.165) is 12.8 Å². The van der Waals surface area contributed by atoms with E-state index < -0.39 is 0 Å². The van der Waals surface area contributed by atoms with Gasteiger partial charge in [-0.15, -0.1) is 0 Å². The Morgan fingerprint density at radius 2 is 1.71 bits per heavy atom. The molecule has 1 aliphatic carbocycles. The van der Waals surface area contributed by atoms with Crippen LogP contribution in [0.2, 0.25) is 0 Å². The van der Waals surface area contributed by atoms with Crippen molar-refractivity contribution in [2.45, 2.75) is 51.6 Å². The second kappa shape index (κ2) is 4.19.